The Labute approximate surface area is 167 Å². The first-order chi connectivity index (χ1) is 13.4. The van der Waals surface area contributed by atoms with Crippen LogP contribution in [-0.2, 0) is 5.41 Å². The quantitative estimate of drug-likeness (QED) is 0.810. The minimum Gasteiger partial charge on any atom is -0.353 e. The molecule has 2 aromatic rings. The van der Waals surface area contributed by atoms with Crippen molar-refractivity contribution in [3.05, 3.63) is 29.6 Å². The van der Waals surface area contributed by atoms with Crippen LogP contribution in [0, 0.1) is 6.92 Å². The van der Waals surface area contributed by atoms with Gasteiger partial charge in [-0.1, -0.05) is 20.8 Å². The van der Waals surface area contributed by atoms with Crippen LogP contribution in [0.5, 0.6) is 0 Å². The van der Waals surface area contributed by atoms with E-state index in [9.17, 15) is 0 Å². The molecule has 7 nitrogen and oxygen atoms in total. The third kappa shape index (κ3) is 4.03. The summed E-state index contributed by atoms with van der Waals surface area (Å²) < 4.78 is 0. The second-order valence-corrected chi connectivity index (χ2v) is 8.86. The van der Waals surface area contributed by atoms with Gasteiger partial charge in [0.05, 0.1) is 5.69 Å². The molecule has 0 unspecified atom stereocenters. The summed E-state index contributed by atoms with van der Waals surface area (Å²) in [4.78, 5) is 16.5. The molecule has 4 rings (SSSR count). The third-order valence-corrected chi connectivity index (χ3v) is 5.56. The Kier molecular flexibility index (Phi) is 5.08. The third-order valence-electron chi connectivity index (χ3n) is 5.56. The molecule has 150 valence electrons. The van der Waals surface area contributed by atoms with E-state index < -0.39 is 0 Å². The maximum absolute atomic E-state index is 4.87. The summed E-state index contributed by atoms with van der Waals surface area (Å²) >= 11 is 0. The van der Waals surface area contributed by atoms with Crippen LogP contribution in [0.2, 0.25) is 0 Å². The van der Waals surface area contributed by atoms with Crippen LogP contribution in [-0.4, -0.2) is 59.4 Å². The fourth-order valence-electron chi connectivity index (χ4n) is 3.82. The van der Waals surface area contributed by atoms with Crippen molar-refractivity contribution in [3.63, 3.8) is 0 Å². The Morgan fingerprint density at radius 1 is 0.750 bits per heavy atom. The van der Waals surface area contributed by atoms with Crippen LogP contribution in [0.4, 0.5) is 17.6 Å². The Morgan fingerprint density at radius 3 is 1.96 bits per heavy atom. The molecule has 0 saturated carbocycles. The van der Waals surface area contributed by atoms with Gasteiger partial charge >= 0.3 is 0 Å². The fraction of sp³-hybridized carbons (Fsp3) is 0.619. The summed E-state index contributed by atoms with van der Waals surface area (Å²) in [5.74, 6) is 2.89. The SMILES string of the molecule is Cc1cc(N2CCN(c3ccc(C(C)(C)C)nn3)CC2)nc(N2CCCC2)n1. The maximum Gasteiger partial charge on any atom is 0.227 e. The van der Waals surface area contributed by atoms with Crippen LogP contribution in [0.3, 0.4) is 0 Å². The molecule has 0 atom stereocenters. The molecule has 2 fully saturated rings. The van der Waals surface area contributed by atoms with E-state index in [4.69, 9.17) is 4.98 Å². The van der Waals surface area contributed by atoms with Gasteiger partial charge in [0.25, 0.3) is 0 Å². The zero-order valence-electron chi connectivity index (χ0n) is 17.5. The Bertz CT molecular complexity index is 798. The summed E-state index contributed by atoms with van der Waals surface area (Å²) in [6, 6.07) is 6.31. The number of hydrogen-bond acceptors (Lipinski definition) is 7. The first-order valence-electron chi connectivity index (χ1n) is 10.3. The molecule has 0 aromatic carbocycles. The number of anilines is 3. The number of aromatic nitrogens is 4. The molecule has 0 radical (unpaired) electrons. The largest absolute Gasteiger partial charge is 0.353 e. The molecule has 7 heteroatoms. The Balaban J connectivity index is 1.43. The van der Waals surface area contributed by atoms with Crippen molar-refractivity contribution in [2.75, 3.05) is 54.0 Å². The highest BCUT2D eigenvalue weighted by Crippen LogP contribution is 2.24. The smallest absolute Gasteiger partial charge is 0.227 e. The molecular weight excluding hydrogens is 350 g/mol. The van der Waals surface area contributed by atoms with E-state index in [1.54, 1.807) is 0 Å². The normalized spacial score (nSPS) is 18.1. The first kappa shape index (κ1) is 18.9. The maximum atomic E-state index is 4.87. The van der Waals surface area contributed by atoms with Gasteiger partial charge in [-0.3, -0.25) is 0 Å². The second kappa shape index (κ2) is 7.53. The molecule has 2 aromatic heterocycles. The van der Waals surface area contributed by atoms with Crippen LogP contribution in [0.25, 0.3) is 0 Å². The molecule has 2 saturated heterocycles. The van der Waals surface area contributed by atoms with Crippen molar-refractivity contribution in [3.8, 4) is 0 Å². The second-order valence-electron chi connectivity index (χ2n) is 8.86. The standard InChI is InChI=1S/C21H31N7/c1-16-15-19(23-20(22-16)28-9-5-6-10-28)27-13-11-26(12-14-27)18-8-7-17(24-25-18)21(2,3)4/h7-8,15H,5-6,9-14H2,1-4H3. The van der Waals surface area contributed by atoms with Crippen molar-refractivity contribution in [1.82, 2.24) is 20.2 Å². The number of hydrogen-bond donors (Lipinski definition) is 0. The molecular formula is C21H31N7. The topological polar surface area (TPSA) is 61.3 Å². The monoisotopic (exact) mass is 381 g/mol. The van der Waals surface area contributed by atoms with E-state index >= 15 is 0 Å². The van der Waals surface area contributed by atoms with Crippen molar-refractivity contribution >= 4 is 17.6 Å². The van der Waals surface area contributed by atoms with E-state index in [-0.39, 0.29) is 5.41 Å². The average molecular weight is 382 g/mol. The highest BCUT2D eigenvalue weighted by atomic mass is 15.3. The number of rotatable bonds is 3. The lowest BCUT2D eigenvalue weighted by Gasteiger charge is -2.36. The van der Waals surface area contributed by atoms with Gasteiger partial charge in [0.1, 0.15) is 5.82 Å². The van der Waals surface area contributed by atoms with E-state index in [0.717, 1.165) is 68.2 Å². The highest BCUT2D eigenvalue weighted by molar-refractivity contribution is 5.49. The Morgan fingerprint density at radius 2 is 1.39 bits per heavy atom. The van der Waals surface area contributed by atoms with Crippen molar-refractivity contribution in [2.45, 2.75) is 46.0 Å². The van der Waals surface area contributed by atoms with E-state index in [2.05, 4.69) is 75.8 Å². The molecule has 4 heterocycles. The van der Waals surface area contributed by atoms with Crippen LogP contribution >= 0.6 is 0 Å². The van der Waals surface area contributed by atoms with Crippen molar-refractivity contribution < 1.29 is 0 Å². The van der Waals surface area contributed by atoms with Gasteiger partial charge in [-0.2, -0.15) is 10.1 Å². The number of piperazine rings is 1. The highest BCUT2D eigenvalue weighted by Gasteiger charge is 2.23. The minimum absolute atomic E-state index is 0.0299. The van der Waals surface area contributed by atoms with Gasteiger partial charge < -0.3 is 14.7 Å². The van der Waals surface area contributed by atoms with Gasteiger partial charge in [-0.15, -0.1) is 5.10 Å². The summed E-state index contributed by atoms with van der Waals surface area (Å²) in [7, 11) is 0. The van der Waals surface area contributed by atoms with Gasteiger partial charge in [0.2, 0.25) is 5.95 Å². The molecule has 0 bridgehead atoms. The zero-order valence-corrected chi connectivity index (χ0v) is 17.5. The molecule has 28 heavy (non-hydrogen) atoms. The minimum atomic E-state index is 0.0299. The molecule has 0 spiro atoms. The van der Waals surface area contributed by atoms with Gasteiger partial charge in [0, 0.05) is 56.4 Å². The lowest BCUT2D eigenvalue weighted by Crippen LogP contribution is -2.47. The van der Waals surface area contributed by atoms with Gasteiger partial charge in [-0.25, -0.2) is 4.98 Å². The lowest BCUT2D eigenvalue weighted by molar-refractivity contribution is 0.556. The summed E-state index contributed by atoms with van der Waals surface area (Å²) in [5.41, 5.74) is 2.10. The summed E-state index contributed by atoms with van der Waals surface area (Å²) in [5, 5.41) is 8.91. The van der Waals surface area contributed by atoms with Gasteiger partial charge in [0.15, 0.2) is 5.82 Å². The van der Waals surface area contributed by atoms with Crippen LogP contribution < -0.4 is 14.7 Å². The number of aryl methyl sites for hydroxylation is 1. The van der Waals surface area contributed by atoms with Crippen LogP contribution in [0.15, 0.2) is 18.2 Å². The average Bonchev–Trinajstić information content (AvgIpc) is 3.22. The van der Waals surface area contributed by atoms with Crippen LogP contribution in [0.1, 0.15) is 45.0 Å². The van der Waals surface area contributed by atoms with E-state index in [0.29, 0.717) is 0 Å². The fourth-order valence-corrected chi connectivity index (χ4v) is 3.82. The zero-order chi connectivity index (χ0) is 19.7. The predicted octanol–water partition coefficient (Wildman–Crippen LogP) is 2.80. The van der Waals surface area contributed by atoms with E-state index in [1.807, 2.05) is 0 Å². The Hall–Kier alpha value is -2.44. The van der Waals surface area contributed by atoms with E-state index in [1.165, 1.54) is 12.8 Å². The molecule has 2 aliphatic heterocycles. The molecule has 0 amide bonds. The number of nitrogens with zero attached hydrogens (tertiary/aromatic N) is 7. The predicted molar refractivity (Wildman–Crippen MR) is 113 cm³/mol. The molecule has 2 aliphatic rings. The summed E-state index contributed by atoms with van der Waals surface area (Å²) in [6.45, 7) is 14.4. The molecule has 0 N–H and O–H groups in total. The lowest BCUT2D eigenvalue weighted by atomic mass is 9.92. The van der Waals surface area contributed by atoms with Crippen molar-refractivity contribution in [2.24, 2.45) is 0 Å². The van der Waals surface area contributed by atoms with Crippen molar-refractivity contribution in [1.29, 1.82) is 0 Å². The molecule has 0 aliphatic carbocycles. The van der Waals surface area contributed by atoms with Gasteiger partial charge in [-0.05, 0) is 31.9 Å². The first-order valence-corrected chi connectivity index (χ1v) is 10.3. The summed E-state index contributed by atoms with van der Waals surface area (Å²) in [6.07, 6.45) is 2.47.